The third kappa shape index (κ3) is 3.06. The molecule has 7 heteroatoms. The predicted octanol–water partition coefficient (Wildman–Crippen LogP) is 3.71. The molecule has 3 rings (SSSR count). The smallest absolute Gasteiger partial charge is 0.337 e. The minimum atomic E-state index is -3.84. The molecule has 2 aromatic carbocycles. The van der Waals surface area contributed by atoms with Crippen LogP contribution in [0.1, 0.15) is 15.9 Å². The average molecular weight is 347 g/mol. The van der Waals surface area contributed by atoms with Crippen molar-refractivity contribution in [2.75, 3.05) is 4.72 Å². The van der Waals surface area contributed by atoms with Gasteiger partial charge in [-0.25, -0.2) is 13.2 Å². The molecule has 0 aliphatic heterocycles. The van der Waals surface area contributed by atoms with Crippen LogP contribution in [0.25, 0.3) is 10.1 Å². The third-order valence-electron chi connectivity index (χ3n) is 3.32. The molecule has 0 spiro atoms. The summed E-state index contributed by atoms with van der Waals surface area (Å²) >= 11 is 1.15. The van der Waals surface area contributed by atoms with E-state index in [2.05, 4.69) is 4.72 Å². The molecule has 0 radical (unpaired) electrons. The van der Waals surface area contributed by atoms with Gasteiger partial charge in [-0.05, 0) is 36.6 Å². The van der Waals surface area contributed by atoms with Gasteiger partial charge in [-0.15, -0.1) is 11.3 Å². The second-order valence-corrected chi connectivity index (χ2v) is 8.06. The van der Waals surface area contributed by atoms with Crippen molar-refractivity contribution in [3.8, 4) is 0 Å². The molecule has 0 saturated carbocycles. The zero-order valence-electron chi connectivity index (χ0n) is 12.1. The van der Waals surface area contributed by atoms with Crippen molar-refractivity contribution in [3.05, 3.63) is 59.7 Å². The number of para-hydroxylation sites is 1. The highest BCUT2D eigenvalue weighted by Gasteiger charge is 2.20. The molecular weight excluding hydrogens is 334 g/mol. The van der Waals surface area contributed by atoms with E-state index in [1.54, 1.807) is 18.2 Å². The highest BCUT2D eigenvalue weighted by Crippen LogP contribution is 2.31. The molecule has 0 bridgehead atoms. The van der Waals surface area contributed by atoms with E-state index >= 15 is 0 Å². The topological polar surface area (TPSA) is 83.5 Å². The Balaban J connectivity index is 2.03. The van der Waals surface area contributed by atoms with Gasteiger partial charge in [0.15, 0.2) is 0 Å². The van der Waals surface area contributed by atoms with Crippen molar-refractivity contribution in [1.82, 2.24) is 0 Å². The minimum absolute atomic E-state index is 0.0497. The van der Waals surface area contributed by atoms with Crippen LogP contribution in [0.15, 0.2) is 52.7 Å². The van der Waals surface area contributed by atoms with Gasteiger partial charge >= 0.3 is 5.97 Å². The summed E-state index contributed by atoms with van der Waals surface area (Å²) in [6.45, 7) is 1.94. The Hall–Kier alpha value is -2.38. The number of thiophene rings is 1. The molecule has 5 nitrogen and oxygen atoms in total. The van der Waals surface area contributed by atoms with Crippen molar-refractivity contribution in [2.45, 2.75) is 11.1 Å². The largest absolute Gasteiger partial charge is 0.478 e. The van der Waals surface area contributed by atoms with Crippen LogP contribution >= 0.6 is 11.3 Å². The molecule has 3 aromatic rings. The van der Waals surface area contributed by atoms with Crippen molar-refractivity contribution in [3.63, 3.8) is 0 Å². The van der Waals surface area contributed by atoms with Crippen LogP contribution in [0.3, 0.4) is 0 Å². The summed E-state index contributed by atoms with van der Waals surface area (Å²) in [5.74, 6) is -1.18. The Morgan fingerprint density at radius 2 is 1.87 bits per heavy atom. The summed E-state index contributed by atoms with van der Waals surface area (Å²) in [4.78, 5) is 11.2. The van der Waals surface area contributed by atoms with Gasteiger partial charge in [-0.2, -0.15) is 0 Å². The quantitative estimate of drug-likeness (QED) is 0.753. The predicted molar refractivity (Wildman–Crippen MR) is 90.8 cm³/mol. The summed E-state index contributed by atoms with van der Waals surface area (Å²) in [5, 5.41) is 9.99. The van der Waals surface area contributed by atoms with Crippen LogP contribution < -0.4 is 4.72 Å². The molecule has 0 unspecified atom stereocenters. The molecule has 0 amide bonds. The maximum Gasteiger partial charge on any atom is 0.337 e. The lowest BCUT2D eigenvalue weighted by Crippen LogP contribution is -2.14. The number of carboxylic acid groups (broad SMARTS) is 1. The number of sulfonamides is 1. The first-order valence-corrected chi connectivity index (χ1v) is 9.02. The summed E-state index contributed by atoms with van der Waals surface area (Å²) in [5.41, 5.74) is 1.00. The van der Waals surface area contributed by atoms with Crippen LogP contribution in [-0.2, 0) is 10.0 Å². The Bertz CT molecular complexity index is 1010. The Morgan fingerprint density at radius 1 is 1.13 bits per heavy atom. The first kappa shape index (κ1) is 15.5. The zero-order chi connectivity index (χ0) is 16.6. The van der Waals surface area contributed by atoms with E-state index in [9.17, 15) is 13.2 Å². The average Bonchev–Trinajstić information content (AvgIpc) is 2.91. The number of aromatic carboxylic acids is 1. The van der Waals surface area contributed by atoms with E-state index < -0.39 is 16.0 Å². The van der Waals surface area contributed by atoms with Gasteiger partial charge in [0.05, 0.1) is 11.3 Å². The third-order valence-corrected chi connectivity index (χ3v) is 6.27. The molecule has 0 aliphatic carbocycles. The number of carboxylic acids is 1. The molecular formula is C16H13NO4S2. The Kier molecular flexibility index (Phi) is 3.83. The molecule has 0 saturated heterocycles. The molecule has 118 valence electrons. The summed E-state index contributed by atoms with van der Waals surface area (Å²) < 4.78 is 28.5. The lowest BCUT2D eigenvalue weighted by atomic mass is 10.2. The summed E-state index contributed by atoms with van der Waals surface area (Å²) in [6, 6.07) is 13.2. The van der Waals surface area contributed by atoms with Crippen molar-refractivity contribution < 1.29 is 18.3 Å². The van der Waals surface area contributed by atoms with Gasteiger partial charge in [0, 0.05) is 4.70 Å². The molecule has 0 atom stereocenters. The van der Waals surface area contributed by atoms with Crippen LogP contribution in [0.2, 0.25) is 0 Å². The maximum atomic E-state index is 12.5. The van der Waals surface area contributed by atoms with Crippen molar-refractivity contribution in [2.24, 2.45) is 0 Å². The van der Waals surface area contributed by atoms with Gasteiger partial charge in [0.1, 0.15) is 4.21 Å². The second kappa shape index (κ2) is 5.68. The van der Waals surface area contributed by atoms with Gasteiger partial charge in [-0.3, -0.25) is 4.72 Å². The highest BCUT2D eigenvalue weighted by molar-refractivity contribution is 7.94. The standard InChI is InChI=1S/C16H13NO4S2/c1-10-6-7-14-11(8-10)9-15(22-14)23(20,21)17-13-5-3-2-4-12(13)16(18)19/h2-9,17H,1H3,(H,18,19). The van der Waals surface area contributed by atoms with Gasteiger partial charge in [0.25, 0.3) is 10.0 Å². The van der Waals surface area contributed by atoms with Crippen LogP contribution in [-0.4, -0.2) is 19.5 Å². The number of anilines is 1. The number of carbonyl (C=O) groups is 1. The van der Waals surface area contributed by atoms with Crippen LogP contribution in [0.4, 0.5) is 5.69 Å². The number of hydrogen-bond donors (Lipinski definition) is 2. The minimum Gasteiger partial charge on any atom is -0.478 e. The van der Waals surface area contributed by atoms with Gasteiger partial charge in [-0.1, -0.05) is 29.8 Å². The molecule has 1 aromatic heterocycles. The number of fused-ring (bicyclic) bond motifs is 1. The van der Waals surface area contributed by atoms with Gasteiger partial charge < -0.3 is 5.11 Å². The van der Waals surface area contributed by atoms with Crippen molar-refractivity contribution in [1.29, 1.82) is 0 Å². The normalized spacial score (nSPS) is 11.5. The molecule has 0 aliphatic rings. The van der Waals surface area contributed by atoms with E-state index in [0.29, 0.717) is 0 Å². The second-order valence-electron chi connectivity index (χ2n) is 5.06. The molecule has 1 heterocycles. The fourth-order valence-electron chi connectivity index (χ4n) is 2.22. The Labute approximate surface area is 137 Å². The first-order chi connectivity index (χ1) is 10.9. The van der Waals surface area contributed by atoms with E-state index in [4.69, 9.17) is 5.11 Å². The van der Waals surface area contributed by atoms with E-state index in [0.717, 1.165) is 27.0 Å². The summed E-state index contributed by atoms with van der Waals surface area (Å²) in [6.07, 6.45) is 0. The zero-order valence-corrected chi connectivity index (χ0v) is 13.7. The van der Waals surface area contributed by atoms with Crippen LogP contribution in [0.5, 0.6) is 0 Å². The van der Waals surface area contributed by atoms with Crippen LogP contribution in [0, 0.1) is 6.92 Å². The highest BCUT2D eigenvalue weighted by atomic mass is 32.2. The lowest BCUT2D eigenvalue weighted by Gasteiger charge is -2.08. The number of nitrogens with one attached hydrogen (secondary N) is 1. The summed E-state index contributed by atoms with van der Waals surface area (Å²) in [7, 11) is -3.84. The van der Waals surface area contributed by atoms with E-state index in [1.807, 2.05) is 25.1 Å². The molecule has 0 fully saturated rings. The fraction of sp³-hybridized carbons (Fsp3) is 0.0625. The fourth-order valence-corrected chi connectivity index (χ4v) is 4.68. The Morgan fingerprint density at radius 3 is 2.61 bits per heavy atom. The van der Waals surface area contributed by atoms with Crippen molar-refractivity contribution >= 4 is 43.1 Å². The number of hydrogen-bond acceptors (Lipinski definition) is 4. The molecule has 23 heavy (non-hydrogen) atoms. The van der Waals surface area contributed by atoms with Gasteiger partial charge in [0.2, 0.25) is 0 Å². The SMILES string of the molecule is Cc1ccc2sc(S(=O)(=O)Nc3ccccc3C(=O)O)cc2c1. The molecule has 2 N–H and O–H groups in total. The number of rotatable bonds is 4. The first-order valence-electron chi connectivity index (χ1n) is 6.72. The maximum absolute atomic E-state index is 12.5. The number of aryl methyl sites for hydroxylation is 1. The number of benzene rings is 2. The van der Waals surface area contributed by atoms with E-state index in [1.165, 1.54) is 12.1 Å². The lowest BCUT2D eigenvalue weighted by molar-refractivity contribution is 0.0698. The van der Waals surface area contributed by atoms with E-state index in [-0.39, 0.29) is 15.5 Å². The monoisotopic (exact) mass is 347 g/mol.